The van der Waals surface area contributed by atoms with Gasteiger partial charge in [-0.2, -0.15) is 0 Å². The van der Waals surface area contributed by atoms with Crippen LogP contribution in [0, 0.1) is 0 Å². The Bertz CT molecular complexity index is 3300. The van der Waals surface area contributed by atoms with E-state index in [1.165, 1.54) is 21.5 Å². The van der Waals surface area contributed by atoms with Crippen LogP contribution in [0.3, 0.4) is 0 Å². The predicted molar refractivity (Wildman–Crippen MR) is 233 cm³/mol. The van der Waals surface area contributed by atoms with E-state index in [0.29, 0.717) is 0 Å². The highest BCUT2D eigenvalue weighted by Gasteiger charge is 2.11. The minimum absolute atomic E-state index is 0.903. The Morgan fingerprint density at radius 3 is 1.45 bits per heavy atom. The van der Waals surface area contributed by atoms with Crippen molar-refractivity contribution in [2.45, 2.75) is 6.92 Å². The zero-order valence-corrected chi connectivity index (χ0v) is 30.4. The van der Waals surface area contributed by atoms with Crippen LogP contribution in [0.4, 0.5) is 0 Å². The second-order valence-electron chi connectivity index (χ2n) is 14.2. The second kappa shape index (κ2) is 13.3. The topological polar surface area (TPSA) is 38.7 Å². The molecule has 10 aromatic rings. The SMILES string of the molecule is C=c1/c(=C\C=C(C)c2cccc(-c3ccc4ccc5ccc(-c6ccc7ccccc7c6)nc5c4n3)c2)ccc2ccc(-c3ccc4ccccc4c3)nc12. The maximum absolute atomic E-state index is 5.23. The summed E-state index contributed by atoms with van der Waals surface area (Å²) in [6.07, 6.45) is 4.31. The van der Waals surface area contributed by atoms with Gasteiger partial charge >= 0.3 is 0 Å². The number of benzene rings is 7. The summed E-state index contributed by atoms with van der Waals surface area (Å²) in [5.41, 5.74) is 11.1. The molecular formula is C52H35N3. The van der Waals surface area contributed by atoms with Crippen molar-refractivity contribution in [2.75, 3.05) is 0 Å². The summed E-state index contributed by atoms with van der Waals surface area (Å²) in [6.45, 7) is 6.63. The normalized spacial score (nSPS) is 12.4. The van der Waals surface area contributed by atoms with E-state index in [9.17, 15) is 0 Å². The monoisotopic (exact) mass is 701 g/mol. The van der Waals surface area contributed by atoms with Gasteiger partial charge in [-0.15, -0.1) is 0 Å². The van der Waals surface area contributed by atoms with Crippen LogP contribution in [0.15, 0.2) is 176 Å². The molecule has 0 unspecified atom stereocenters. The van der Waals surface area contributed by atoms with E-state index in [1.54, 1.807) is 0 Å². The first kappa shape index (κ1) is 32.4. The number of pyridine rings is 3. The lowest BCUT2D eigenvalue weighted by Gasteiger charge is -2.10. The Morgan fingerprint density at radius 1 is 0.418 bits per heavy atom. The smallest absolute Gasteiger partial charge is 0.0972 e. The van der Waals surface area contributed by atoms with Crippen LogP contribution in [0.2, 0.25) is 0 Å². The molecule has 0 radical (unpaired) electrons. The van der Waals surface area contributed by atoms with Crippen molar-refractivity contribution in [1.29, 1.82) is 0 Å². The molecule has 0 N–H and O–H groups in total. The molecule has 10 rings (SSSR count). The van der Waals surface area contributed by atoms with Gasteiger partial charge in [0.25, 0.3) is 0 Å². The Labute approximate surface area is 318 Å². The number of aromatic nitrogens is 3. The van der Waals surface area contributed by atoms with Crippen molar-refractivity contribution >= 4 is 72.5 Å². The van der Waals surface area contributed by atoms with Crippen LogP contribution in [-0.4, -0.2) is 15.0 Å². The number of allylic oxidation sites excluding steroid dienone is 2. The van der Waals surface area contributed by atoms with Gasteiger partial charge in [0.1, 0.15) is 0 Å². The molecule has 3 heteroatoms. The van der Waals surface area contributed by atoms with E-state index in [4.69, 9.17) is 15.0 Å². The molecule has 3 heterocycles. The van der Waals surface area contributed by atoms with Gasteiger partial charge < -0.3 is 0 Å². The van der Waals surface area contributed by atoms with E-state index >= 15 is 0 Å². The first-order chi connectivity index (χ1) is 27.0. The second-order valence-corrected chi connectivity index (χ2v) is 14.2. The van der Waals surface area contributed by atoms with Crippen LogP contribution in [0.1, 0.15) is 12.5 Å². The number of hydrogen-bond donors (Lipinski definition) is 0. The molecule has 0 saturated heterocycles. The van der Waals surface area contributed by atoms with Crippen molar-refractivity contribution in [3.63, 3.8) is 0 Å². The Morgan fingerprint density at radius 2 is 0.873 bits per heavy atom. The van der Waals surface area contributed by atoms with Crippen LogP contribution in [0.25, 0.3) is 106 Å². The molecule has 0 aliphatic heterocycles. The van der Waals surface area contributed by atoms with Gasteiger partial charge in [0.15, 0.2) is 0 Å². The third-order valence-corrected chi connectivity index (χ3v) is 10.7. The minimum atomic E-state index is 0.903. The lowest BCUT2D eigenvalue weighted by molar-refractivity contribution is 1.36. The Balaban J connectivity index is 0.982. The third-order valence-electron chi connectivity index (χ3n) is 10.7. The molecule has 258 valence electrons. The van der Waals surface area contributed by atoms with Gasteiger partial charge in [0.05, 0.1) is 33.6 Å². The fourth-order valence-corrected chi connectivity index (χ4v) is 7.60. The van der Waals surface area contributed by atoms with E-state index in [-0.39, 0.29) is 0 Å². The maximum Gasteiger partial charge on any atom is 0.0972 e. The van der Waals surface area contributed by atoms with Gasteiger partial charge in [-0.25, -0.2) is 15.0 Å². The number of nitrogens with zero attached hydrogens (tertiary/aromatic N) is 3. The molecule has 0 bridgehead atoms. The molecule has 0 fully saturated rings. The van der Waals surface area contributed by atoms with E-state index < -0.39 is 0 Å². The maximum atomic E-state index is 5.23. The number of rotatable bonds is 5. The number of hydrogen-bond acceptors (Lipinski definition) is 3. The van der Waals surface area contributed by atoms with Gasteiger partial charge in [-0.05, 0) is 81.2 Å². The summed E-state index contributed by atoms with van der Waals surface area (Å²) >= 11 is 0. The van der Waals surface area contributed by atoms with Gasteiger partial charge in [0, 0.05) is 38.1 Å². The molecular weight excluding hydrogens is 667 g/mol. The molecule has 0 spiro atoms. The first-order valence-electron chi connectivity index (χ1n) is 18.6. The Hall–Kier alpha value is -7.23. The summed E-state index contributed by atoms with van der Waals surface area (Å²) in [4.78, 5) is 15.5. The van der Waals surface area contributed by atoms with Crippen molar-refractivity contribution in [3.05, 3.63) is 192 Å². The summed E-state index contributed by atoms with van der Waals surface area (Å²) in [5.74, 6) is 0. The van der Waals surface area contributed by atoms with Crippen molar-refractivity contribution < 1.29 is 0 Å². The van der Waals surface area contributed by atoms with Crippen molar-refractivity contribution in [3.8, 4) is 33.8 Å². The molecule has 0 aliphatic rings. The predicted octanol–water partition coefficient (Wildman–Crippen LogP) is 11.9. The van der Waals surface area contributed by atoms with Crippen molar-refractivity contribution in [2.24, 2.45) is 0 Å². The molecule has 3 nitrogen and oxygen atoms in total. The average Bonchev–Trinajstić information content (AvgIpc) is 3.25. The van der Waals surface area contributed by atoms with Gasteiger partial charge in [-0.3, -0.25) is 0 Å². The zero-order chi connectivity index (χ0) is 36.9. The fourth-order valence-electron chi connectivity index (χ4n) is 7.60. The van der Waals surface area contributed by atoms with Crippen molar-refractivity contribution in [1.82, 2.24) is 15.0 Å². The van der Waals surface area contributed by atoms with Gasteiger partial charge in [0.2, 0.25) is 0 Å². The molecule has 3 aromatic heterocycles. The average molecular weight is 702 g/mol. The van der Waals surface area contributed by atoms with Crippen LogP contribution < -0.4 is 10.4 Å². The highest BCUT2D eigenvalue weighted by molar-refractivity contribution is 6.04. The first-order valence-corrected chi connectivity index (χ1v) is 18.6. The highest BCUT2D eigenvalue weighted by atomic mass is 14.8. The largest absolute Gasteiger partial charge is 0.247 e. The van der Waals surface area contributed by atoms with Crippen LogP contribution >= 0.6 is 0 Å². The van der Waals surface area contributed by atoms with E-state index in [2.05, 4.69) is 196 Å². The quantitative estimate of drug-likeness (QED) is 0.168. The van der Waals surface area contributed by atoms with E-state index in [1.807, 2.05) is 0 Å². The molecule has 0 aliphatic carbocycles. The molecule has 0 saturated carbocycles. The molecule has 7 aromatic carbocycles. The fraction of sp³-hybridized carbons (Fsp3) is 0.0192. The standard InChI is InChI=1S/C52H35N3/c1-33(14-15-35-16-19-38-24-27-48(53-50(38)34(35)2)45-22-17-36-8-3-5-10-42(36)31-45)41-12-7-13-44(30-41)47-28-25-39-20-21-40-26-29-49(55-52(40)51(39)54-47)46-23-18-37-9-4-6-11-43(37)32-46/h3-32H,2H2,1H3/b33-14?,35-15-. The summed E-state index contributed by atoms with van der Waals surface area (Å²) < 4.78 is 0. The van der Waals surface area contributed by atoms with Crippen LogP contribution in [-0.2, 0) is 0 Å². The summed E-state index contributed by atoms with van der Waals surface area (Å²) in [6, 6.07) is 59.8. The molecule has 0 atom stereocenters. The van der Waals surface area contributed by atoms with Crippen LogP contribution in [0.5, 0.6) is 0 Å². The zero-order valence-electron chi connectivity index (χ0n) is 30.4. The number of fused-ring (bicyclic) bond motifs is 6. The van der Waals surface area contributed by atoms with E-state index in [0.717, 1.165) is 88.1 Å². The summed E-state index contributed by atoms with van der Waals surface area (Å²) in [5, 5.41) is 10.0. The lowest BCUT2D eigenvalue weighted by atomic mass is 10.0. The lowest BCUT2D eigenvalue weighted by Crippen LogP contribution is -2.24. The van der Waals surface area contributed by atoms with Gasteiger partial charge in [-0.1, -0.05) is 152 Å². The molecule has 0 amide bonds. The molecule has 55 heavy (non-hydrogen) atoms. The highest BCUT2D eigenvalue weighted by Crippen LogP contribution is 2.31. The third kappa shape index (κ3) is 6.02. The summed E-state index contributed by atoms with van der Waals surface area (Å²) in [7, 11) is 0. The Kier molecular flexibility index (Phi) is 7.85. The minimum Gasteiger partial charge on any atom is -0.247 e.